The molecule has 1 aromatic rings. The predicted octanol–water partition coefficient (Wildman–Crippen LogP) is 2.90. The van der Waals surface area contributed by atoms with E-state index in [1.54, 1.807) is 6.07 Å². The largest absolute Gasteiger partial charge is 0.412 e. The molecule has 2 unspecified atom stereocenters. The molecule has 0 aliphatic carbocycles. The molecule has 1 aliphatic rings. The maximum absolute atomic E-state index is 13.9. The second kappa shape index (κ2) is 5.04. The van der Waals surface area contributed by atoms with Gasteiger partial charge < -0.3 is 10.2 Å². The number of rotatable bonds is 1. The van der Waals surface area contributed by atoms with Gasteiger partial charge in [0.2, 0.25) is 0 Å². The average Bonchev–Trinajstić information content (AvgIpc) is 2.38. The first-order chi connectivity index (χ1) is 9.34. The zero-order valence-electron chi connectivity index (χ0n) is 10.4. The Morgan fingerprint density at radius 1 is 1.35 bits per heavy atom. The molecule has 1 aliphatic heterocycles. The van der Waals surface area contributed by atoms with Crippen molar-refractivity contribution in [2.75, 3.05) is 4.90 Å². The Balaban J connectivity index is 2.48. The SMILES string of the molecule is CC1NC=CC(C(F)(F)F)N1c1ccc(C#N)cc1F. The van der Waals surface area contributed by atoms with Crippen LogP contribution in [0.4, 0.5) is 23.2 Å². The normalized spacial score (nSPS) is 22.3. The number of hydrogen-bond donors (Lipinski definition) is 1. The molecule has 20 heavy (non-hydrogen) atoms. The Hall–Kier alpha value is -2.23. The molecule has 0 radical (unpaired) electrons. The van der Waals surface area contributed by atoms with Gasteiger partial charge in [0.05, 0.1) is 23.5 Å². The van der Waals surface area contributed by atoms with Gasteiger partial charge in [-0.1, -0.05) is 0 Å². The Bertz CT molecular complexity index is 574. The summed E-state index contributed by atoms with van der Waals surface area (Å²) < 4.78 is 53.0. The van der Waals surface area contributed by atoms with Gasteiger partial charge >= 0.3 is 6.18 Å². The van der Waals surface area contributed by atoms with Crippen LogP contribution in [-0.4, -0.2) is 18.4 Å². The van der Waals surface area contributed by atoms with Crippen molar-refractivity contribution in [3.8, 4) is 6.07 Å². The van der Waals surface area contributed by atoms with Crippen molar-refractivity contribution in [3.63, 3.8) is 0 Å². The van der Waals surface area contributed by atoms with Gasteiger partial charge in [-0.05, 0) is 37.4 Å². The molecule has 3 nitrogen and oxygen atoms in total. The third-order valence-electron chi connectivity index (χ3n) is 3.02. The van der Waals surface area contributed by atoms with Gasteiger partial charge in [-0.25, -0.2) is 4.39 Å². The van der Waals surface area contributed by atoms with Crippen molar-refractivity contribution in [3.05, 3.63) is 41.9 Å². The maximum atomic E-state index is 13.9. The average molecular weight is 285 g/mol. The van der Waals surface area contributed by atoms with Gasteiger partial charge in [-0.3, -0.25) is 0 Å². The van der Waals surface area contributed by atoms with Crippen LogP contribution in [0.3, 0.4) is 0 Å². The lowest BCUT2D eigenvalue weighted by Crippen LogP contribution is -2.56. The quantitative estimate of drug-likeness (QED) is 0.806. The van der Waals surface area contributed by atoms with Crippen molar-refractivity contribution < 1.29 is 17.6 Å². The van der Waals surface area contributed by atoms with Crippen LogP contribution in [0.5, 0.6) is 0 Å². The topological polar surface area (TPSA) is 39.1 Å². The lowest BCUT2D eigenvalue weighted by atomic mass is 10.1. The van der Waals surface area contributed by atoms with Crippen LogP contribution >= 0.6 is 0 Å². The lowest BCUT2D eigenvalue weighted by Gasteiger charge is -2.40. The van der Waals surface area contributed by atoms with Gasteiger partial charge in [-0.15, -0.1) is 0 Å². The summed E-state index contributed by atoms with van der Waals surface area (Å²) in [4.78, 5) is 0.899. The van der Waals surface area contributed by atoms with Crippen molar-refractivity contribution in [1.29, 1.82) is 5.26 Å². The van der Waals surface area contributed by atoms with Gasteiger partial charge in [0.1, 0.15) is 11.9 Å². The highest BCUT2D eigenvalue weighted by atomic mass is 19.4. The summed E-state index contributed by atoms with van der Waals surface area (Å²) in [5.41, 5.74) is -0.140. The zero-order valence-corrected chi connectivity index (χ0v) is 10.4. The fourth-order valence-electron chi connectivity index (χ4n) is 2.11. The number of nitrogens with zero attached hydrogens (tertiary/aromatic N) is 2. The fourth-order valence-corrected chi connectivity index (χ4v) is 2.11. The Labute approximate surface area is 113 Å². The van der Waals surface area contributed by atoms with Crippen LogP contribution in [0.2, 0.25) is 0 Å². The monoisotopic (exact) mass is 285 g/mol. The van der Waals surface area contributed by atoms with E-state index in [-0.39, 0.29) is 11.3 Å². The fraction of sp³-hybridized carbons (Fsp3) is 0.308. The molecule has 1 heterocycles. The summed E-state index contributed by atoms with van der Waals surface area (Å²) in [6.45, 7) is 1.50. The maximum Gasteiger partial charge on any atom is 0.412 e. The number of nitrogens with one attached hydrogen (secondary N) is 1. The van der Waals surface area contributed by atoms with Crippen molar-refractivity contribution in [2.45, 2.75) is 25.3 Å². The molecule has 2 rings (SSSR count). The summed E-state index contributed by atoms with van der Waals surface area (Å²) >= 11 is 0. The predicted molar refractivity (Wildman–Crippen MR) is 65.2 cm³/mol. The minimum atomic E-state index is -4.52. The van der Waals surface area contributed by atoms with Crippen molar-refractivity contribution in [1.82, 2.24) is 5.32 Å². The molecule has 0 saturated carbocycles. The molecule has 0 spiro atoms. The van der Waals surface area contributed by atoms with Gasteiger partial charge in [0.25, 0.3) is 0 Å². The van der Waals surface area contributed by atoms with Crippen LogP contribution in [0.25, 0.3) is 0 Å². The standard InChI is InChI=1S/C13H11F4N3/c1-8-19-5-4-12(13(15,16)17)20(8)11-3-2-9(7-18)6-10(11)14/h2-6,8,12,19H,1H3. The van der Waals surface area contributed by atoms with E-state index in [4.69, 9.17) is 5.26 Å². The minimum absolute atomic E-state index is 0.0583. The number of halogens is 4. The molecule has 106 valence electrons. The van der Waals surface area contributed by atoms with E-state index in [0.29, 0.717) is 0 Å². The van der Waals surface area contributed by atoms with Crippen LogP contribution in [0, 0.1) is 17.1 Å². The van der Waals surface area contributed by atoms with E-state index < -0.39 is 24.2 Å². The molecule has 0 fully saturated rings. The number of anilines is 1. The van der Waals surface area contributed by atoms with Crippen molar-refractivity contribution in [2.24, 2.45) is 0 Å². The molecule has 0 saturated heterocycles. The van der Waals surface area contributed by atoms with E-state index in [2.05, 4.69) is 5.32 Å². The van der Waals surface area contributed by atoms with Crippen LogP contribution in [-0.2, 0) is 0 Å². The number of benzene rings is 1. The first-order valence-electron chi connectivity index (χ1n) is 5.82. The summed E-state index contributed by atoms with van der Waals surface area (Å²) in [5, 5.41) is 11.4. The summed E-state index contributed by atoms with van der Waals surface area (Å²) in [6, 6.07) is 3.22. The second-order valence-electron chi connectivity index (χ2n) is 4.37. The third kappa shape index (κ3) is 2.54. The summed E-state index contributed by atoms with van der Waals surface area (Å²) in [5.74, 6) is -0.859. The van der Waals surface area contributed by atoms with E-state index in [1.807, 2.05) is 0 Å². The number of nitriles is 1. The molecular formula is C13H11F4N3. The molecule has 2 atom stereocenters. The first kappa shape index (κ1) is 14.2. The highest BCUT2D eigenvalue weighted by Gasteiger charge is 2.45. The zero-order chi connectivity index (χ0) is 14.9. The number of hydrogen-bond acceptors (Lipinski definition) is 3. The number of alkyl halides is 3. The van der Waals surface area contributed by atoms with Crippen LogP contribution in [0.15, 0.2) is 30.5 Å². The van der Waals surface area contributed by atoms with Crippen LogP contribution < -0.4 is 10.2 Å². The summed E-state index contributed by atoms with van der Waals surface area (Å²) in [6.07, 6.45) is -3.11. The first-order valence-corrected chi connectivity index (χ1v) is 5.82. The highest BCUT2D eigenvalue weighted by molar-refractivity contribution is 5.54. The van der Waals surface area contributed by atoms with Gasteiger partial charge in [0.15, 0.2) is 0 Å². The molecule has 7 heteroatoms. The molecule has 1 N–H and O–H groups in total. The highest BCUT2D eigenvalue weighted by Crippen LogP contribution is 2.34. The van der Waals surface area contributed by atoms with Gasteiger partial charge in [-0.2, -0.15) is 18.4 Å². The van der Waals surface area contributed by atoms with E-state index in [0.717, 1.165) is 17.0 Å². The Kier molecular flexibility index (Phi) is 3.57. The Morgan fingerprint density at radius 3 is 2.60 bits per heavy atom. The Morgan fingerprint density at radius 2 is 2.05 bits per heavy atom. The molecular weight excluding hydrogens is 274 g/mol. The van der Waals surface area contributed by atoms with Gasteiger partial charge in [0, 0.05) is 0 Å². The molecule has 1 aromatic carbocycles. The smallest absolute Gasteiger partial charge is 0.372 e. The van der Waals surface area contributed by atoms with Crippen molar-refractivity contribution >= 4 is 5.69 Å². The van der Waals surface area contributed by atoms with E-state index in [9.17, 15) is 17.6 Å². The molecule has 0 aromatic heterocycles. The van der Waals surface area contributed by atoms with E-state index >= 15 is 0 Å². The second-order valence-corrected chi connectivity index (χ2v) is 4.37. The lowest BCUT2D eigenvalue weighted by molar-refractivity contribution is -0.140. The van der Waals surface area contributed by atoms with Crippen LogP contribution in [0.1, 0.15) is 12.5 Å². The van der Waals surface area contributed by atoms with E-state index in [1.165, 1.54) is 25.3 Å². The third-order valence-corrected chi connectivity index (χ3v) is 3.02. The minimum Gasteiger partial charge on any atom is -0.372 e. The summed E-state index contributed by atoms with van der Waals surface area (Å²) in [7, 11) is 0. The molecule has 0 bridgehead atoms. The molecule has 0 amide bonds.